The van der Waals surface area contributed by atoms with Crippen molar-refractivity contribution in [2.24, 2.45) is 0 Å². The van der Waals surface area contributed by atoms with Crippen LogP contribution in [0.15, 0.2) is 12.4 Å². The van der Waals surface area contributed by atoms with Gasteiger partial charge >= 0.3 is 0 Å². The van der Waals surface area contributed by atoms with Crippen LogP contribution in [0.3, 0.4) is 0 Å². The molecule has 0 bridgehead atoms. The Morgan fingerprint density at radius 1 is 1.33 bits per heavy atom. The number of aryl methyl sites for hydroxylation is 1. The topological polar surface area (TPSA) is 29.9 Å². The number of hydrogen-bond donors (Lipinski definition) is 1. The molecule has 0 saturated carbocycles. The van der Waals surface area contributed by atoms with Gasteiger partial charge in [0.2, 0.25) is 0 Å². The Morgan fingerprint density at radius 2 is 2.00 bits per heavy atom. The van der Waals surface area contributed by atoms with Crippen molar-refractivity contribution in [1.82, 2.24) is 15.1 Å². The van der Waals surface area contributed by atoms with Crippen molar-refractivity contribution in [3.05, 3.63) is 18.0 Å². The maximum Gasteiger partial charge on any atom is 0.0525 e. The van der Waals surface area contributed by atoms with Crippen LogP contribution in [0.1, 0.15) is 46.1 Å². The molecule has 0 spiro atoms. The summed E-state index contributed by atoms with van der Waals surface area (Å²) < 4.78 is 1.98. The molecule has 3 nitrogen and oxygen atoms in total. The molecule has 2 atom stereocenters. The Hall–Kier alpha value is -0.830. The van der Waals surface area contributed by atoms with Crippen molar-refractivity contribution >= 4 is 0 Å². The molecule has 86 valence electrons. The van der Waals surface area contributed by atoms with Crippen LogP contribution < -0.4 is 5.32 Å². The van der Waals surface area contributed by atoms with E-state index in [4.69, 9.17) is 0 Å². The second-order valence-corrected chi connectivity index (χ2v) is 4.53. The lowest BCUT2D eigenvalue weighted by molar-refractivity contribution is 0.439. The number of aromatic nitrogens is 2. The fourth-order valence-electron chi connectivity index (χ4n) is 1.75. The second kappa shape index (κ2) is 5.31. The van der Waals surface area contributed by atoms with E-state index >= 15 is 0 Å². The lowest BCUT2D eigenvalue weighted by atomic mass is 9.97. The minimum atomic E-state index is 0.486. The van der Waals surface area contributed by atoms with Gasteiger partial charge in [-0.25, -0.2) is 0 Å². The van der Waals surface area contributed by atoms with Gasteiger partial charge in [-0.15, -0.1) is 0 Å². The van der Waals surface area contributed by atoms with E-state index in [0.717, 1.165) is 6.54 Å². The number of rotatable bonds is 5. The average Bonchev–Trinajstić information content (AvgIpc) is 2.63. The predicted octanol–water partition coefficient (Wildman–Crippen LogP) is 2.39. The molecule has 1 aromatic heterocycles. The van der Waals surface area contributed by atoms with Gasteiger partial charge < -0.3 is 5.32 Å². The number of hydrogen-bond acceptors (Lipinski definition) is 2. The third-order valence-electron chi connectivity index (χ3n) is 2.85. The summed E-state index contributed by atoms with van der Waals surface area (Å²) in [7, 11) is 0. The molecule has 3 heteroatoms. The van der Waals surface area contributed by atoms with Crippen molar-refractivity contribution in [1.29, 1.82) is 0 Å². The van der Waals surface area contributed by atoms with Gasteiger partial charge in [-0.1, -0.05) is 20.8 Å². The van der Waals surface area contributed by atoms with E-state index in [-0.39, 0.29) is 0 Å². The molecule has 0 aromatic carbocycles. The third-order valence-corrected chi connectivity index (χ3v) is 2.85. The van der Waals surface area contributed by atoms with Crippen LogP contribution in [0.2, 0.25) is 0 Å². The molecule has 1 aromatic rings. The molecule has 1 N–H and O–H groups in total. The van der Waals surface area contributed by atoms with Crippen molar-refractivity contribution in [2.75, 3.05) is 0 Å². The molecule has 0 saturated heterocycles. The van der Waals surface area contributed by atoms with E-state index in [2.05, 4.69) is 51.2 Å². The molecule has 0 aliphatic carbocycles. The number of nitrogens with one attached hydrogen (secondary N) is 1. The van der Waals surface area contributed by atoms with Gasteiger partial charge in [0, 0.05) is 24.8 Å². The zero-order chi connectivity index (χ0) is 11.4. The summed E-state index contributed by atoms with van der Waals surface area (Å²) >= 11 is 0. The number of nitrogens with zero attached hydrogens (tertiary/aromatic N) is 2. The standard InChI is InChI=1S/C12H23N3/c1-6-15-8-12(7-13-15)10(4)11(5)14-9(2)3/h7-11,14H,6H2,1-5H3. The molecule has 0 aliphatic rings. The molecule has 0 radical (unpaired) electrons. The highest BCUT2D eigenvalue weighted by Crippen LogP contribution is 2.18. The normalized spacial score (nSPS) is 15.6. The average molecular weight is 209 g/mol. The first-order chi connectivity index (χ1) is 7.04. The van der Waals surface area contributed by atoms with Crippen molar-refractivity contribution < 1.29 is 0 Å². The first-order valence-electron chi connectivity index (χ1n) is 5.83. The Kier molecular flexibility index (Phi) is 4.33. The first-order valence-corrected chi connectivity index (χ1v) is 5.83. The van der Waals surface area contributed by atoms with Gasteiger partial charge in [-0.2, -0.15) is 5.10 Å². The zero-order valence-electron chi connectivity index (χ0n) is 10.5. The van der Waals surface area contributed by atoms with E-state index in [9.17, 15) is 0 Å². The summed E-state index contributed by atoms with van der Waals surface area (Å²) in [5, 5.41) is 7.84. The molecule has 0 amide bonds. The SMILES string of the molecule is CCn1cc(C(C)C(C)NC(C)C)cn1. The van der Waals surface area contributed by atoms with E-state index < -0.39 is 0 Å². The molecule has 0 fully saturated rings. The van der Waals surface area contributed by atoms with Gasteiger partial charge in [0.25, 0.3) is 0 Å². The van der Waals surface area contributed by atoms with Gasteiger partial charge in [0.15, 0.2) is 0 Å². The first kappa shape index (κ1) is 12.2. The maximum absolute atomic E-state index is 4.31. The molecule has 1 heterocycles. The summed E-state index contributed by atoms with van der Waals surface area (Å²) in [6, 6.07) is 1.02. The molecular formula is C12H23N3. The van der Waals surface area contributed by atoms with Crippen LogP contribution in [0.4, 0.5) is 0 Å². The van der Waals surface area contributed by atoms with Crippen LogP contribution >= 0.6 is 0 Å². The molecule has 0 aliphatic heterocycles. The Bertz CT molecular complexity index is 291. The van der Waals surface area contributed by atoms with Crippen LogP contribution in [-0.2, 0) is 6.54 Å². The minimum absolute atomic E-state index is 0.486. The van der Waals surface area contributed by atoms with Gasteiger partial charge in [-0.3, -0.25) is 4.68 Å². The summed E-state index contributed by atoms with van der Waals surface area (Å²) in [5.41, 5.74) is 1.32. The summed E-state index contributed by atoms with van der Waals surface area (Å²) in [5.74, 6) is 0.507. The summed E-state index contributed by atoms with van der Waals surface area (Å²) in [4.78, 5) is 0. The lowest BCUT2D eigenvalue weighted by Gasteiger charge is -2.22. The fourth-order valence-corrected chi connectivity index (χ4v) is 1.75. The highest BCUT2D eigenvalue weighted by molar-refractivity contribution is 5.12. The highest BCUT2D eigenvalue weighted by atomic mass is 15.3. The molecular weight excluding hydrogens is 186 g/mol. The highest BCUT2D eigenvalue weighted by Gasteiger charge is 2.16. The van der Waals surface area contributed by atoms with Gasteiger partial charge in [-0.05, 0) is 25.3 Å². The Balaban J connectivity index is 2.62. The predicted molar refractivity (Wildman–Crippen MR) is 64.0 cm³/mol. The van der Waals surface area contributed by atoms with E-state index in [1.807, 2.05) is 10.9 Å². The largest absolute Gasteiger partial charge is 0.311 e. The fraction of sp³-hybridized carbons (Fsp3) is 0.750. The van der Waals surface area contributed by atoms with Gasteiger partial charge in [0.1, 0.15) is 0 Å². The second-order valence-electron chi connectivity index (χ2n) is 4.53. The smallest absolute Gasteiger partial charge is 0.0525 e. The quantitative estimate of drug-likeness (QED) is 0.807. The molecule has 2 unspecified atom stereocenters. The van der Waals surface area contributed by atoms with E-state index in [1.165, 1.54) is 5.56 Å². The van der Waals surface area contributed by atoms with Crippen LogP contribution in [0, 0.1) is 0 Å². The monoisotopic (exact) mass is 209 g/mol. The van der Waals surface area contributed by atoms with Crippen LogP contribution in [0.25, 0.3) is 0 Å². The van der Waals surface area contributed by atoms with Gasteiger partial charge in [0.05, 0.1) is 6.20 Å². The molecule has 1 rings (SSSR count). The summed E-state index contributed by atoms with van der Waals surface area (Å²) in [6.07, 6.45) is 4.12. The van der Waals surface area contributed by atoms with Crippen LogP contribution in [-0.4, -0.2) is 21.9 Å². The van der Waals surface area contributed by atoms with Crippen molar-refractivity contribution in [3.8, 4) is 0 Å². The Morgan fingerprint density at radius 3 is 2.47 bits per heavy atom. The lowest BCUT2D eigenvalue weighted by Crippen LogP contribution is -2.35. The summed E-state index contributed by atoms with van der Waals surface area (Å²) in [6.45, 7) is 11.9. The maximum atomic E-state index is 4.31. The minimum Gasteiger partial charge on any atom is -0.311 e. The van der Waals surface area contributed by atoms with Crippen molar-refractivity contribution in [2.45, 2.75) is 59.2 Å². The third kappa shape index (κ3) is 3.34. The van der Waals surface area contributed by atoms with E-state index in [0.29, 0.717) is 18.0 Å². The Labute approximate surface area is 92.9 Å². The van der Waals surface area contributed by atoms with Crippen LogP contribution in [0.5, 0.6) is 0 Å². The zero-order valence-corrected chi connectivity index (χ0v) is 10.5. The molecule has 15 heavy (non-hydrogen) atoms. The van der Waals surface area contributed by atoms with E-state index in [1.54, 1.807) is 0 Å². The van der Waals surface area contributed by atoms with Crippen molar-refractivity contribution in [3.63, 3.8) is 0 Å².